The van der Waals surface area contributed by atoms with Gasteiger partial charge >= 0.3 is 5.97 Å². The number of halogens is 1. The molecule has 0 amide bonds. The minimum absolute atomic E-state index is 0.222. The Labute approximate surface area is 251 Å². The molecule has 2 aliphatic rings. The molecule has 3 aromatic carbocycles. The highest BCUT2D eigenvalue weighted by Crippen LogP contribution is 2.34. The van der Waals surface area contributed by atoms with Crippen molar-refractivity contribution in [2.24, 2.45) is 5.92 Å². The maximum absolute atomic E-state index is 14.7. The zero-order valence-corrected chi connectivity index (χ0v) is 24.5. The first-order valence-electron chi connectivity index (χ1n) is 15.1. The Morgan fingerprint density at radius 2 is 1.93 bits per heavy atom. The number of likely N-dealkylation sites (tertiary alicyclic amines) is 1. The maximum Gasteiger partial charge on any atom is 0.335 e. The Kier molecular flexibility index (Phi) is 8.42. The number of benzene rings is 3. The maximum atomic E-state index is 14.7. The molecule has 1 aromatic heterocycles. The van der Waals surface area contributed by atoms with Gasteiger partial charge in [0, 0.05) is 31.1 Å². The molecule has 0 radical (unpaired) electrons. The molecule has 8 nitrogen and oxygen atoms in total. The summed E-state index contributed by atoms with van der Waals surface area (Å²) in [5.41, 5.74) is 5.62. The first kappa shape index (κ1) is 28.9. The van der Waals surface area contributed by atoms with Gasteiger partial charge in [-0.1, -0.05) is 18.6 Å². The molecule has 0 spiro atoms. The van der Waals surface area contributed by atoms with Gasteiger partial charge in [0.1, 0.15) is 12.4 Å². The van der Waals surface area contributed by atoms with Crippen molar-refractivity contribution in [3.8, 4) is 5.75 Å². The van der Waals surface area contributed by atoms with E-state index in [1.807, 2.05) is 43.4 Å². The van der Waals surface area contributed by atoms with Crippen LogP contribution in [-0.2, 0) is 19.7 Å². The summed E-state index contributed by atoms with van der Waals surface area (Å²) in [6, 6.07) is 16.1. The van der Waals surface area contributed by atoms with Crippen LogP contribution in [0.25, 0.3) is 11.0 Å². The largest absolute Gasteiger partial charge is 0.486 e. The third-order valence-electron chi connectivity index (χ3n) is 9.05. The van der Waals surface area contributed by atoms with Crippen molar-refractivity contribution in [1.29, 1.82) is 5.41 Å². The van der Waals surface area contributed by atoms with Gasteiger partial charge in [-0.15, -0.1) is 0 Å². The number of aromatic carboxylic acids is 1. The Balaban J connectivity index is 1.11. The van der Waals surface area contributed by atoms with Crippen LogP contribution >= 0.6 is 0 Å². The van der Waals surface area contributed by atoms with Crippen molar-refractivity contribution < 1.29 is 19.0 Å². The summed E-state index contributed by atoms with van der Waals surface area (Å²) >= 11 is 0. The second-order valence-electron chi connectivity index (χ2n) is 11.8. The predicted molar refractivity (Wildman–Crippen MR) is 166 cm³/mol. The van der Waals surface area contributed by atoms with Crippen molar-refractivity contribution in [1.82, 2.24) is 14.5 Å². The third-order valence-corrected chi connectivity index (χ3v) is 9.05. The van der Waals surface area contributed by atoms with Crippen LogP contribution in [0.2, 0.25) is 0 Å². The summed E-state index contributed by atoms with van der Waals surface area (Å²) in [6.45, 7) is 3.62. The lowest BCUT2D eigenvalue weighted by Gasteiger charge is -2.33. The fourth-order valence-corrected chi connectivity index (χ4v) is 6.28. The highest BCUT2D eigenvalue weighted by Gasteiger charge is 2.26. The molecule has 0 atom stereocenters. The van der Waals surface area contributed by atoms with Crippen molar-refractivity contribution in [2.45, 2.75) is 57.7 Å². The zero-order valence-electron chi connectivity index (χ0n) is 24.5. The van der Waals surface area contributed by atoms with Crippen molar-refractivity contribution in [3.05, 3.63) is 88.5 Å². The SMILES string of the molecule is CNc1ccc(COc2cc(C3CCN(Cc4nc5ccc(C(=O)O)cc5n4CC4CCC4)CC3)ccc2F)cc1C=N. The summed E-state index contributed by atoms with van der Waals surface area (Å²) in [6.07, 6.45) is 6.87. The number of carbonyl (C=O) groups is 1. The Hall–Kier alpha value is -4.24. The lowest BCUT2D eigenvalue weighted by atomic mass is 9.85. The molecule has 2 fully saturated rings. The van der Waals surface area contributed by atoms with E-state index in [0.717, 1.165) is 78.3 Å². The molecular formula is C34H38FN5O3. The van der Waals surface area contributed by atoms with Gasteiger partial charge in [-0.25, -0.2) is 14.2 Å². The standard InChI is InChI=1S/C34H38FN5O3/c1-37-29-9-5-23(15-27(29)18-36)21-43-32-17-25(6-8-28(32)35)24-11-13-39(14-12-24)20-33-38-30-10-7-26(34(41)42)16-31(30)40(33)19-22-3-2-4-22/h5-10,15-18,22,24,36-37H,2-4,11-14,19-21H2,1H3,(H,41,42). The number of fused-ring (bicyclic) bond motifs is 1. The second kappa shape index (κ2) is 12.6. The number of aromatic nitrogens is 2. The molecule has 1 aliphatic carbocycles. The quantitative estimate of drug-likeness (QED) is 0.170. The average molecular weight is 584 g/mol. The molecule has 1 saturated carbocycles. The van der Waals surface area contributed by atoms with Crippen LogP contribution in [-0.4, -0.2) is 51.9 Å². The molecule has 2 heterocycles. The smallest absolute Gasteiger partial charge is 0.335 e. The van der Waals surface area contributed by atoms with Gasteiger partial charge in [0.15, 0.2) is 11.6 Å². The zero-order chi connectivity index (χ0) is 29.9. The number of carboxylic acids is 1. The van der Waals surface area contributed by atoms with E-state index in [1.165, 1.54) is 31.5 Å². The molecule has 3 N–H and O–H groups in total. The van der Waals surface area contributed by atoms with Gasteiger partial charge in [0.2, 0.25) is 0 Å². The third kappa shape index (κ3) is 6.27. The number of rotatable bonds is 11. The van der Waals surface area contributed by atoms with Gasteiger partial charge in [-0.2, -0.15) is 0 Å². The van der Waals surface area contributed by atoms with E-state index < -0.39 is 5.97 Å². The van der Waals surface area contributed by atoms with E-state index in [0.29, 0.717) is 17.4 Å². The monoisotopic (exact) mass is 583 g/mol. The van der Waals surface area contributed by atoms with Crippen LogP contribution in [0.5, 0.6) is 5.75 Å². The molecule has 6 rings (SSSR count). The van der Waals surface area contributed by atoms with Crippen LogP contribution in [0.4, 0.5) is 10.1 Å². The predicted octanol–water partition coefficient (Wildman–Crippen LogP) is 6.67. The van der Waals surface area contributed by atoms with Gasteiger partial charge in [-0.3, -0.25) is 4.90 Å². The molecule has 0 bridgehead atoms. The van der Waals surface area contributed by atoms with Crippen LogP contribution in [0.1, 0.15) is 70.9 Å². The van der Waals surface area contributed by atoms with Gasteiger partial charge in [0.05, 0.1) is 23.1 Å². The van der Waals surface area contributed by atoms with E-state index in [1.54, 1.807) is 12.1 Å². The van der Waals surface area contributed by atoms with Crippen LogP contribution in [0.15, 0.2) is 54.6 Å². The number of nitrogens with zero attached hydrogens (tertiary/aromatic N) is 3. The van der Waals surface area contributed by atoms with Crippen molar-refractivity contribution >= 4 is 28.9 Å². The number of piperidine rings is 1. The average Bonchev–Trinajstić information content (AvgIpc) is 3.34. The number of nitrogens with one attached hydrogen (secondary N) is 2. The highest BCUT2D eigenvalue weighted by molar-refractivity contribution is 5.92. The first-order valence-corrected chi connectivity index (χ1v) is 15.1. The molecule has 1 aliphatic heterocycles. The molecule has 0 unspecified atom stereocenters. The van der Waals surface area contributed by atoms with Crippen LogP contribution < -0.4 is 10.1 Å². The van der Waals surface area contributed by atoms with Crippen molar-refractivity contribution in [3.63, 3.8) is 0 Å². The number of imidazole rings is 1. The lowest BCUT2D eigenvalue weighted by molar-refractivity contribution is 0.0697. The summed E-state index contributed by atoms with van der Waals surface area (Å²) in [5, 5.41) is 20.2. The number of anilines is 1. The van der Waals surface area contributed by atoms with Gasteiger partial charge in [0.25, 0.3) is 0 Å². The molecule has 43 heavy (non-hydrogen) atoms. The lowest BCUT2D eigenvalue weighted by Crippen LogP contribution is -2.33. The second-order valence-corrected chi connectivity index (χ2v) is 11.8. The van der Waals surface area contributed by atoms with Gasteiger partial charge < -0.3 is 25.1 Å². The van der Waals surface area contributed by atoms with Crippen LogP contribution in [0.3, 0.4) is 0 Å². The number of ether oxygens (including phenoxy) is 1. The first-order chi connectivity index (χ1) is 20.9. The summed E-state index contributed by atoms with van der Waals surface area (Å²) in [4.78, 5) is 19.0. The summed E-state index contributed by atoms with van der Waals surface area (Å²) in [5.74, 6) is 0.878. The number of hydrogen-bond acceptors (Lipinski definition) is 6. The number of carboxylic acid groups (broad SMARTS) is 1. The molecule has 1 saturated heterocycles. The highest BCUT2D eigenvalue weighted by atomic mass is 19.1. The molecule has 9 heteroatoms. The fraction of sp³-hybridized carbons (Fsp3) is 0.382. The van der Waals surface area contributed by atoms with E-state index in [9.17, 15) is 14.3 Å². The Bertz CT molecular complexity index is 1640. The summed E-state index contributed by atoms with van der Waals surface area (Å²) in [7, 11) is 1.81. The Morgan fingerprint density at radius 1 is 1.12 bits per heavy atom. The van der Waals surface area contributed by atoms with E-state index >= 15 is 0 Å². The van der Waals surface area contributed by atoms with E-state index in [2.05, 4.69) is 14.8 Å². The van der Waals surface area contributed by atoms with E-state index in [-0.39, 0.29) is 18.2 Å². The number of hydrogen-bond donors (Lipinski definition) is 3. The van der Waals surface area contributed by atoms with E-state index in [4.69, 9.17) is 15.1 Å². The fourth-order valence-electron chi connectivity index (χ4n) is 6.28. The summed E-state index contributed by atoms with van der Waals surface area (Å²) < 4.78 is 22.9. The van der Waals surface area contributed by atoms with Crippen LogP contribution in [0, 0.1) is 17.1 Å². The molecular weight excluding hydrogens is 545 g/mol. The van der Waals surface area contributed by atoms with Crippen molar-refractivity contribution in [2.75, 3.05) is 25.5 Å². The molecule has 4 aromatic rings. The van der Waals surface area contributed by atoms with Gasteiger partial charge in [-0.05, 0) is 104 Å². The molecule has 224 valence electrons. The topological polar surface area (TPSA) is 103 Å². The normalized spacial score (nSPS) is 16.2. The Morgan fingerprint density at radius 3 is 2.63 bits per heavy atom. The minimum atomic E-state index is -0.920. The minimum Gasteiger partial charge on any atom is -0.486 e.